The van der Waals surface area contributed by atoms with Gasteiger partial charge in [0, 0.05) is 41.9 Å². The number of aliphatic hydroxyl groups is 4. The first-order valence-corrected chi connectivity index (χ1v) is 47.5. The van der Waals surface area contributed by atoms with E-state index in [4.69, 9.17) is 104 Å². The van der Waals surface area contributed by atoms with Crippen molar-refractivity contribution in [2.75, 3.05) is 134 Å². The monoisotopic (exact) mass is 2100 g/mol. The Morgan fingerprint density at radius 2 is 0.801 bits per heavy atom. The van der Waals surface area contributed by atoms with Crippen LogP contribution >= 0.6 is 66.6 Å². The zero-order valence-corrected chi connectivity index (χ0v) is 84.5. The van der Waals surface area contributed by atoms with Crippen molar-refractivity contribution < 1.29 is 167 Å². The predicted molar refractivity (Wildman–Crippen MR) is 498 cm³/mol. The molecule has 0 bridgehead atoms. The smallest absolute Gasteiger partial charge is 0.437 e. The number of carbonyl (C=O) groups excluding carboxylic acids is 6. The van der Waals surface area contributed by atoms with Crippen LogP contribution in [0.15, 0.2) is 51.2 Å². The summed E-state index contributed by atoms with van der Waals surface area (Å²) in [4.78, 5) is 132. The molecule has 3 aliphatic rings. The number of nitrogen functional groups attached to an aromatic ring is 1. The minimum atomic E-state index is -4.74. The first-order valence-electron chi connectivity index (χ1n) is 42.0. The molecule has 8 N–H and O–H groups in total. The highest BCUT2D eigenvalue weighted by Crippen LogP contribution is 2.54. The Balaban J connectivity index is -0.00000174. The molecule has 136 heavy (non-hydrogen) atoms. The number of nitrogens with one attached hydrogen (secondary N) is 1. The van der Waals surface area contributed by atoms with Crippen LogP contribution in [-0.4, -0.2) is 274 Å². The lowest BCUT2D eigenvalue weighted by molar-refractivity contribution is -0.166. The molecule has 0 unspecified atom stereocenters. The van der Waals surface area contributed by atoms with E-state index in [1.54, 1.807) is 145 Å². The molecule has 6 rings (SSSR count). The van der Waals surface area contributed by atoms with E-state index in [-0.39, 0.29) is 74.4 Å². The van der Waals surface area contributed by atoms with Gasteiger partial charge in [0.2, 0.25) is 47.8 Å². The van der Waals surface area contributed by atoms with Crippen LogP contribution in [0, 0.1) is 32.5 Å². The number of nitrogens with zero attached hydrogens (tertiary/aromatic N) is 8. The Labute approximate surface area is 812 Å². The molecule has 3 fully saturated rings. The number of hydrogen-bond donors (Lipinski definition) is 7. The Morgan fingerprint density at radius 3 is 1.04 bits per heavy atom. The number of aliphatic hydroxyl groups excluding tert-OH is 4. The number of esters is 6. The predicted octanol–water partition coefficient (Wildman–Crippen LogP) is 11.3. The largest absolute Gasteiger partial charge is 0.480 e. The molecule has 3 aliphatic heterocycles. The number of aromatic nitrogens is 6. The van der Waals surface area contributed by atoms with Gasteiger partial charge in [0.15, 0.2) is 37.2 Å². The van der Waals surface area contributed by atoms with Crippen molar-refractivity contribution >= 4 is 127 Å². The van der Waals surface area contributed by atoms with E-state index in [0.29, 0.717) is 0 Å². The molecule has 0 saturated carbocycles. The molecule has 0 amide bonds. The number of alkyl halides is 6. The van der Waals surface area contributed by atoms with Crippen LogP contribution in [0.2, 0.25) is 6.82 Å². The highest BCUT2D eigenvalue weighted by atomic mass is 35.5. The molecule has 0 aliphatic carbocycles. The van der Waals surface area contributed by atoms with Crippen LogP contribution < -0.4 is 33.0 Å². The van der Waals surface area contributed by atoms with E-state index in [0.717, 1.165) is 19.9 Å². The number of nitrogens with two attached hydrogens (primary N) is 1. The molecule has 12 atom stereocenters. The Morgan fingerprint density at radius 1 is 0.522 bits per heavy atom. The second-order valence-electron chi connectivity index (χ2n) is 35.1. The first-order chi connectivity index (χ1) is 62.1. The minimum Gasteiger partial charge on any atom is -0.437 e. The van der Waals surface area contributed by atoms with Crippen LogP contribution in [0.5, 0.6) is 0 Å². The summed E-state index contributed by atoms with van der Waals surface area (Å²) >= 11 is 17.7. The lowest BCUT2D eigenvalue weighted by atomic mass is 9.98. The summed E-state index contributed by atoms with van der Waals surface area (Å²) in [6.45, 7) is 34.7. The Kier molecular flexibility index (Phi) is 56.2. The molecule has 0 aromatic carbocycles. The first kappa shape index (κ1) is 130. The maximum absolute atomic E-state index is 15.3. The van der Waals surface area contributed by atoms with Crippen molar-refractivity contribution in [1.29, 1.82) is 0 Å². The van der Waals surface area contributed by atoms with Gasteiger partial charge in [-0.15, -0.1) is 34.8 Å². The zero-order chi connectivity index (χ0) is 104. The van der Waals surface area contributed by atoms with Crippen molar-refractivity contribution in [2.24, 2.45) is 32.5 Å². The Bertz CT molecular complexity index is 4480. The summed E-state index contributed by atoms with van der Waals surface area (Å²) in [7, 11) is -12.3. The topological polar surface area (TPSA) is 578 Å². The van der Waals surface area contributed by atoms with Crippen molar-refractivity contribution in [1.82, 2.24) is 33.6 Å². The molecule has 3 saturated heterocycles. The van der Waals surface area contributed by atoms with E-state index in [1.807, 2.05) is 0 Å². The van der Waals surface area contributed by atoms with E-state index >= 15 is 8.78 Å². The number of anilines is 3. The second-order valence-corrected chi connectivity index (χ2v) is 41.4. The van der Waals surface area contributed by atoms with Crippen LogP contribution in [0.3, 0.4) is 0 Å². The number of hydrogen-bond acceptors (Lipinski definition) is 41. The highest BCUT2D eigenvalue weighted by molar-refractivity contribution is 7.60. The molecule has 0 spiro atoms. The lowest BCUT2D eigenvalue weighted by Crippen LogP contribution is -2.47. The summed E-state index contributed by atoms with van der Waals surface area (Å²) < 4.78 is 194. The zero-order valence-electron chi connectivity index (χ0n) is 80.7. The number of phosphoric acid groups is 3. The maximum atomic E-state index is 15.3. The van der Waals surface area contributed by atoms with E-state index < -0.39 is 253 Å². The average molecular weight is 2110 g/mol. The van der Waals surface area contributed by atoms with Crippen molar-refractivity contribution in [3.05, 3.63) is 68.2 Å². The van der Waals surface area contributed by atoms with Crippen molar-refractivity contribution in [2.45, 2.75) is 254 Å². The standard InChI is InChI=1S/C24H38ClFN3O11P.C22H34ClFN3O11P.C12H17ClFN3O4.C12H23O8P.C6H15N.CH3BOP.3CH4/c1-8-27-15-9-10-29(21(33)28-15)18-16(26)17(30)24(11-25,40-18)12-37-41(34,38-13-35-19(31)22(2,3)4)39-14-36-20(32)23(5,6)7;1-20(2,3)17(29)33-11-36-39(32,37-12-34-18(30)21(4,5)6)35-10-22(9-23)15(28)14(24)16(38-22)27-8-7-13(25)26-19(27)31;1-16(2)7-3-4-17(11(20)15-7)10-8(14)9(19)12(5-13,6-18)21-10;1-11(2,3)9(13)17-7-19-21(15,16)20-8-18-10(14)12(4,5)6;1-4-7(5-2)6-3;1-2-4-3;;;/h9-10,16-18,30H,8,11-14H2,1-7H3,(H,27,28,33);7-8,14-16,28H,9-12H2,1-6H3,(H2,25,26,31);3-4,8-10,18-19H,5-6H2,1-2H3;7-8H2,1-6H3,(H,15,16);4-6H2,1-3H3;1H3;3*1H4/t16-,17+,18-,24-;14-,15+,16-,22-;8-,9+,10-,12-;;;;;;/m111....../s1/i1T;;1T;;;;;;. The van der Waals surface area contributed by atoms with Gasteiger partial charge in [0.1, 0.15) is 52.6 Å². The van der Waals surface area contributed by atoms with Gasteiger partial charge in [-0.3, -0.25) is 56.1 Å². The summed E-state index contributed by atoms with van der Waals surface area (Å²) in [6, 6.07) is 4.00. The van der Waals surface area contributed by atoms with E-state index in [1.165, 1.54) is 55.1 Å². The van der Waals surface area contributed by atoms with Crippen LogP contribution in [0.4, 0.5) is 30.6 Å². The fourth-order valence-corrected chi connectivity index (χ4v) is 12.9. The second kappa shape index (κ2) is 58.9. The van der Waals surface area contributed by atoms with Gasteiger partial charge in [-0.25, -0.2) is 68.4 Å². The van der Waals surface area contributed by atoms with Gasteiger partial charge < -0.3 is 88.8 Å². The maximum Gasteiger partial charge on any atom is 0.480 e. The third kappa shape index (κ3) is 42.5. The van der Waals surface area contributed by atoms with Gasteiger partial charge in [-0.2, -0.15) is 15.0 Å². The molecule has 6 heterocycles. The van der Waals surface area contributed by atoms with Crippen LogP contribution in [0.25, 0.3) is 0 Å². The number of carbonyl (C=O) groups is 6. The average Bonchev–Trinajstić information content (AvgIpc) is 1.62. The Hall–Kier alpha value is -6.31. The number of halogens is 6. The normalized spacial score (nSPS) is 21.8. The molecule has 45 nitrogen and oxygen atoms in total. The SMILES string of the molecule is C.C.C.CC(C)(C)C(=O)OCOP(=O)(O)OCOC(=O)C(C)(C)C.CC(C)(C)C(=O)OCOP(=O)(OCOC(=O)C(C)(C)C)OC[C@@]1(CCl)O[C@@H](n2ccc(N)nc2=O)[C@H](F)[C@@H]1O.CCN(CC)CC.C[B]P=O.[3H]CCNc1ccn([C@@H]2O[C@](CCl)(COP(=O)(OCOC(=O)C(C)(C)C)OCOC(=O)C(C)(C)C)[C@@H](O)[C@H]2F)c(=O)n1.[3H]CN(C)c1ccn([C@@H]2O[C@@](CO)(CCl)[C@@H](O)[C@H]2F)c(=O)n1. The highest BCUT2D eigenvalue weighted by Gasteiger charge is 2.60. The van der Waals surface area contributed by atoms with Gasteiger partial charge in [0.05, 0.1) is 78.3 Å². The molecule has 1 radical (unpaired) electrons. The van der Waals surface area contributed by atoms with Gasteiger partial charge in [-0.1, -0.05) is 49.9 Å². The number of ether oxygens (including phenoxy) is 9. The molecule has 3 aromatic heterocycles. The van der Waals surface area contributed by atoms with Gasteiger partial charge >= 0.3 is 76.4 Å². The summed E-state index contributed by atoms with van der Waals surface area (Å²) in [5.41, 5.74) is -8.19. The summed E-state index contributed by atoms with van der Waals surface area (Å²) in [6.07, 6.45) is -13.2. The third-order valence-electron chi connectivity index (χ3n) is 17.8. The molecule has 787 valence electrons. The molecule has 3 aromatic rings. The van der Waals surface area contributed by atoms with Crippen LogP contribution in [-0.2, 0) is 126 Å². The van der Waals surface area contributed by atoms with Crippen molar-refractivity contribution in [3.63, 3.8) is 0 Å². The molecular formula is C80H142BCl3F3N10O35P4. The summed E-state index contributed by atoms with van der Waals surface area (Å²) in [5.74, 6) is -5.25. The lowest BCUT2D eigenvalue weighted by Gasteiger charge is -2.30. The quantitative estimate of drug-likeness (QED) is 0.00699. The van der Waals surface area contributed by atoms with Crippen molar-refractivity contribution in [3.8, 4) is 0 Å². The van der Waals surface area contributed by atoms with Crippen LogP contribution in [0.1, 0.15) is 196 Å². The summed E-state index contributed by atoms with van der Waals surface area (Å²) in [5, 5.41) is 43.3. The van der Waals surface area contributed by atoms with E-state index in [9.17, 15) is 91.1 Å². The van der Waals surface area contributed by atoms with E-state index in [2.05, 4.69) is 64.5 Å². The number of phosphoric ester groups is 3. The van der Waals surface area contributed by atoms with Gasteiger partial charge in [0.25, 0.3) is 0 Å². The minimum absolute atomic E-state index is 0. The molecular weight excluding hydrogens is 1960 g/mol. The molecule has 56 heteroatoms. The third-order valence-corrected chi connectivity index (χ3v) is 22.8. The number of rotatable bonds is 38. The van der Waals surface area contributed by atoms with Gasteiger partial charge in [-0.05, 0) is 169 Å². The fourth-order valence-electron chi connectivity index (χ4n) is 9.66. The fraction of sp³-hybridized carbons (Fsp3) is 0.775.